The number of unbranched alkanes of at least 4 members (excludes halogenated alkanes) is 1. The van der Waals surface area contributed by atoms with Gasteiger partial charge in [0.05, 0.1) is 10.4 Å². The molecule has 0 unspecified atom stereocenters. The highest BCUT2D eigenvalue weighted by Gasteiger charge is 2.28. The highest BCUT2D eigenvalue weighted by molar-refractivity contribution is 7.12. The molecular formula is C12H19NOS. The highest BCUT2D eigenvalue weighted by Crippen LogP contribution is 2.17. The van der Waals surface area contributed by atoms with E-state index >= 15 is 0 Å². The van der Waals surface area contributed by atoms with Crippen LogP contribution in [0, 0.1) is 0 Å². The number of Topliss-reactive ketones (excluding diaryl/α,β-unsaturated/α-hetero) is 1. The Bertz CT molecular complexity index is 303. The van der Waals surface area contributed by atoms with Crippen LogP contribution in [0.4, 0.5) is 0 Å². The molecule has 0 aliphatic rings. The van der Waals surface area contributed by atoms with Crippen LogP contribution >= 0.6 is 11.3 Å². The lowest BCUT2D eigenvalue weighted by Gasteiger charge is -2.24. The molecule has 84 valence electrons. The lowest BCUT2D eigenvalue weighted by atomic mass is 9.97. The summed E-state index contributed by atoms with van der Waals surface area (Å²) < 4.78 is 0. The van der Waals surface area contributed by atoms with Gasteiger partial charge >= 0.3 is 0 Å². The average molecular weight is 225 g/mol. The second-order valence-electron chi connectivity index (χ2n) is 4.21. The van der Waals surface area contributed by atoms with Crippen LogP contribution in [0.1, 0.15) is 43.3 Å². The molecule has 1 N–H and O–H groups in total. The molecule has 15 heavy (non-hydrogen) atoms. The number of hydrogen-bond donors (Lipinski definition) is 1. The van der Waals surface area contributed by atoms with Gasteiger partial charge in [-0.1, -0.05) is 19.4 Å². The smallest absolute Gasteiger partial charge is 0.192 e. The van der Waals surface area contributed by atoms with E-state index in [0.29, 0.717) is 0 Å². The minimum atomic E-state index is -0.444. The zero-order chi connectivity index (χ0) is 11.3. The quantitative estimate of drug-likeness (QED) is 0.595. The molecule has 0 radical (unpaired) electrons. The predicted molar refractivity (Wildman–Crippen MR) is 65.6 cm³/mol. The number of rotatable bonds is 6. The van der Waals surface area contributed by atoms with Crippen molar-refractivity contribution in [2.75, 3.05) is 6.54 Å². The molecule has 0 aliphatic carbocycles. The second-order valence-corrected chi connectivity index (χ2v) is 5.16. The van der Waals surface area contributed by atoms with Crippen LogP contribution in [0.15, 0.2) is 17.5 Å². The lowest BCUT2D eigenvalue weighted by molar-refractivity contribution is 0.0886. The summed E-state index contributed by atoms with van der Waals surface area (Å²) in [5.74, 6) is 0.189. The molecule has 0 saturated heterocycles. The third kappa shape index (κ3) is 3.43. The van der Waals surface area contributed by atoms with Crippen LogP contribution in [-0.4, -0.2) is 17.9 Å². The summed E-state index contributed by atoms with van der Waals surface area (Å²) in [7, 11) is 0. The van der Waals surface area contributed by atoms with Crippen LogP contribution in [0.25, 0.3) is 0 Å². The molecule has 0 amide bonds. The fourth-order valence-electron chi connectivity index (χ4n) is 1.37. The van der Waals surface area contributed by atoms with E-state index in [-0.39, 0.29) is 5.78 Å². The van der Waals surface area contributed by atoms with E-state index in [1.165, 1.54) is 11.3 Å². The Labute approximate surface area is 95.7 Å². The fraction of sp³-hybridized carbons (Fsp3) is 0.583. The van der Waals surface area contributed by atoms with Crippen LogP contribution in [0.3, 0.4) is 0 Å². The van der Waals surface area contributed by atoms with Gasteiger partial charge < -0.3 is 5.32 Å². The molecule has 1 rings (SSSR count). The highest BCUT2D eigenvalue weighted by atomic mass is 32.1. The van der Waals surface area contributed by atoms with Gasteiger partial charge in [-0.25, -0.2) is 0 Å². The summed E-state index contributed by atoms with van der Waals surface area (Å²) in [5.41, 5.74) is -0.444. The van der Waals surface area contributed by atoms with Crippen molar-refractivity contribution in [3.8, 4) is 0 Å². The van der Waals surface area contributed by atoms with Gasteiger partial charge in [0.1, 0.15) is 0 Å². The molecule has 1 heterocycles. The molecule has 0 bridgehead atoms. The largest absolute Gasteiger partial charge is 0.305 e. The van der Waals surface area contributed by atoms with E-state index in [0.717, 1.165) is 24.3 Å². The van der Waals surface area contributed by atoms with Crippen molar-refractivity contribution in [2.24, 2.45) is 0 Å². The molecule has 0 saturated carbocycles. The van der Waals surface area contributed by atoms with Crippen LogP contribution in [-0.2, 0) is 0 Å². The Hall–Kier alpha value is -0.670. The Morgan fingerprint density at radius 3 is 2.80 bits per heavy atom. The van der Waals surface area contributed by atoms with Gasteiger partial charge in [0, 0.05) is 0 Å². The number of nitrogens with one attached hydrogen (secondary N) is 1. The maximum Gasteiger partial charge on any atom is 0.192 e. The van der Waals surface area contributed by atoms with Crippen LogP contribution in [0.2, 0.25) is 0 Å². The van der Waals surface area contributed by atoms with Crippen molar-refractivity contribution in [3.63, 3.8) is 0 Å². The molecule has 3 heteroatoms. The average Bonchev–Trinajstić information content (AvgIpc) is 2.69. The first-order chi connectivity index (χ1) is 7.08. The zero-order valence-electron chi connectivity index (χ0n) is 9.67. The number of thiophene rings is 1. The fourth-order valence-corrected chi connectivity index (χ4v) is 2.20. The van der Waals surface area contributed by atoms with Crippen LogP contribution < -0.4 is 5.32 Å². The monoisotopic (exact) mass is 225 g/mol. The first-order valence-electron chi connectivity index (χ1n) is 5.41. The van der Waals surface area contributed by atoms with Gasteiger partial charge in [-0.2, -0.15) is 0 Å². The Morgan fingerprint density at radius 1 is 1.53 bits per heavy atom. The maximum atomic E-state index is 12.1. The predicted octanol–water partition coefficient (Wildman–Crippen LogP) is 3.10. The van der Waals surface area contributed by atoms with Gasteiger partial charge in [0.25, 0.3) is 0 Å². The van der Waals surface area contributed by atoms with E-state index in [9.17, 15) is 4.79 Å². The number of hydrogen-bond acceptors (Lipinski definition) is 3. The Kier molecular flexibility index (Phi) is 4.48. The molecule has 0 aliphatic heterocycles. The van der Waals surface area contributed by atoms with E-state index in [1.54, 1.807) is 0 Å². The van der Waals surface area contributed by atoms with Gasteiger partial charge in [-0.3, -0.25) is 4.79 Å². The van der Waals surface area contributed by atoms with Crippen molar-refractivity contribution in [1.82, 2.24) is 5.32 Å². The Balaban J connectivity index is 2.57. The van der Waals surface area contributed by atoms with Gasteiger partial charge in [0.15, 0.2) is 5.78 Å². The molecular weight excluding hydrogens is 206 g/mol. The summed E-state index contributed by atoms with van der Waals surface area (Å²) in [5, 5.41) is 5.24. The van der Waals surface area contributed by atoms with Gasteiger partial charge in [-0.15, -0.1) is 11.3 Å². The standard InChI is InChI=1S/C12H19NOS/c1-4-5-8-13-12(2,3)11(14)10-7-6-9-15-10/h6-7,9,13H,4-5,8H2,1-3H3. The Morgan fingerprint density at radius 2 is 2.27 bits per heavy atom. The maximum absolute atomic E-state index is 12.1. The molecule has 0 aromatic carbocycles. The van der Waals surface area contributed by atoms with Crippen molar-refractivity contribution >= 4 is 17.1 Å². The van der Waals surface area contributed by atoms with Crippen molar-refractivity contribution in [2.45, 2.75) is 39.2 Å². The van der Waals surface area contributed by atoms with E-state index < -0.39 is 5.54 Å². The third-order valence-electron chi connectivity index (χ3n) is 2.41. The minimum Gasteiger partial charge on any atom is -0.305 e. The zero-order valence-corrected chi connectivity index (χ0v) is 10.5. The van der Waals surface area contributed by atoms with E-state index in [2.05, 4.69) is 12.2 Å². The minimum absolute atomic E-state index is 0.189. The van der Waals surface area contributed by atoms with Crippen molar-refractivity contribution in [1.29, 1.82) is 0 Å². The number of carbonyl (C=O) groups excluding carboxylic acids is 1. The lowest BCUT2D eigenvalue weighted by Crippen LogP contribution is -2.46. The topological polar surface area (TPSA) is 29.1 Å². The summed E-state index contributed by atoms with van der Waals surface area (Å²) in [6.07, 6.45) is 2.26. The van der Waals surface area contributed by atoms with Crippen molar-refractivity contribution in [3.05, 3.63) is 22.4 Å². The van der Waals surface area contributed by atoms with Crippen molar-refractivity contribution < 1.29 is 4.79 Å². The second kappa shape index (κ2) is 5.42. The van der Waals surface area contributed by atoms with E-state index in [4.69, 9.17) is 0 Å². The molecule has 0 spiro atoms. The van der Waals surface area contributed by atoms with E-state index in [1.807, 2.05) is 31.4 Å². The SMILES string of the molecule is CCCCNC(C)(C)C(=O)c1cccs1. The first kappa shape index (κ1) is 12.4. The van der Waals surface area contributed by atoms with Gasteiger partial charge in [-0.05, 0) is 38.3 Å². The molecule has 0 atom stereocenters. The molecule has 1 aromatic heterocycles. The molecule has 1 aromatic rings. The molecule has 2 nitrogen and oxygen atoms in total. The normalized spacial score (nSPS) is 11.7. The summed E-state index contributed by atoms with van der Waals surface area (Å²) in [6.45, 7) is 6.95. The summed E-state index contributed by atoms with van der Waals surface area (Å²) >= 11 is 1.51. The summed E-state index contributed by atoms with van der Waals surface area (Å²) in [4.78, 5) is 12.9. The third-order valence-corrected chi connectivity index (χ3v) is 3.28. The summed E-state index contributed by atoms with van der Waals surface area (Å²) in [6, 6.07) is 3.80. The first-order valence-corrected chi connectivity index (χ1v) is 6.29. The number of carbonyl (C=O) groups is 1. The van der Waals surface area contributed by atoms with Gasteiger partial charge in [0.2, 0.25) is 0 Å². The van der Waals surface area contributed by atoms with Crippen LogP contribution in [0.5, 0.6) is 0 Å². The molecule has 0 fully saturated rings. The number of ketones is 1.